The molecule has 0 bridgehead atoms. The van der Waals surface area contributed by atoms with Crippen LogP contribution in [0.5, 0.6) is 5.75 Å². The molecule has 2 aromatic carbocycles. The molecule has 2 aromatic rings. The van der Waals surface area contributed by atoms with Crippen molar-refractivity contribution >= 4 is 5.91 Å². The quantitative estimate of drug-likeness (QED) is 0.350. The summed E-state index contributed by atoms with van der Waals surface area (Å²) in [5.74, 6) is 1.75. The summed E-state index contributed by atoms with van der Waals surface area (Å²) in [6, 6.07) is 17.1. The van der Waals surface area contributed by atoms with Gasteiger partial charge in [0, 0.05) is 18.0 Å². The molecule has 0 aromatic heterocycles. The first-order chi connectivity index (χ1) is 15.7. The number of nitrogens with one attached hydrogen (secondary N) is 1. The fraction of sp³-hybridized carbons (Fsp3) is 0.567. The molecule has 3 nitrogen and oxygen atoms in total. The van der Waals surface area contributed by atoms with Crippen LogP contribution in [-0.2, 0) is 15.6 Å². The van der Waals surface area contributed by atoms with Gasteiger partial charge in [-0.2, -0.15) is 0 Å². The SMILES string of the molecule is CCC(C)(C)c1ccc(OCCCCNC(=O)[C@@H]2C[C@H]2c2ccccc2)c(C(C)(C)CC)c1. The Bertz CT molecular complexity index is 916. The summed E-state index contributed by atoms with van der Waals surface area (Å²) in [5, 5.41) is 3.12. The molecule has 3 rings (SSSR count). The van der Waals surface area contributed by atoms with E-state index in [4.69, 9.17) is 4.74 Å². The molecule has 0 spiro atoms. The zero-order chi connectivity index (χ0) is 24.1. The first-order valence-corrected chi connectivity index (χ1v) is 12.8. The summed E-state index contributed by atoms with van der Waals surface area (Å²) in [6.45, 7) is 15.1. The van der Waals surface area contributed by atoms with Crippen molar-refractivity contribution in [1.82, 2.24) is 5.32 Å². The second kappa shape index (κ2) is 10.8. The number of carbonyl (C=O) groups excluding carboxylic acids is 1. The number of rotatable bonds is 12. The zero-order valence-corrected chi connectivity index (χ0v) is 21.5. The lowest BCUT2D eigenvalue weighted by molar-refractivity contribution is -0.122. The van der Waals surface area contributed by atoms with Gasteiger partial charge in [-0.05, 0) is 66.0 Å². The largest absolute Gasteiger partial charge is 0.493 e. The molecule has 180 valence electrons. The molecular weight excluding hydrogens is 406 g/mol. The van der Waals surface area contributed by atoms with Crippen LogP contribution in [0.4, 0.5) is 0 Å². The summed E-state index contributed by atoms with van der Waals surface area (Å²) in [7, 11) is 0. The van der Waals surface area contributed by atoms with Gasteiger partial charge in [-0.3, -0.25) is 4.79 Å². The van der Waals surface area contributed by atoms with E-state index in [1.165, 1.54) is 16.7 Å². The van der Waals surface area contributed by atoms with Crippen molar-refractivity contribution in [2.24, 2.45) is 5.92 Å². The minimum atomic E-state index is 0.0721. The van der Waals surface area contributed by atoms with Crippen molar-refractivity contribution in [3.8, 4) is 5.75 Å². The molecule has 0 unspecified atom stereocenters. The van der Waals surface area contributed by atoms with Crippen LogP contribution in [0.2, 0.25) is 0 Å². The summed E-state index contributed by atoms with van der Waals surface area (Å²) in [6.07, 6.45) is 5.01. The minimum Gasteiger partial charge on any atom is -0.493 e. The molecule has 0 radical (unpaired) electrons. The number of amides is 1. The van der Waals surface area contributed by atoms with Crippen LogP contribution in [0.25, 0.3) is 0 Å². The van der Waals surface area contributed by atoms with Crippen molar-refractivity contribution in [3.05, 3.63) is 65.2 Å². The number of hydrogen-bond donors (Lipinski definition) is 1. The van der Waals surface area contributed by atoms with E-state index in [9.17, 15) is 4.79 Å². The van der Waals surface area contributed by atoms with Crippen molar-refractivity contribution in [3.63, 3.8) is 0 Å². The molecule has 33 heavy (non-hydrogen) atoms. The third kappa shape index (κ3) is 6.40. The van der Waals surface area contributed by atoms with Crippen molar-refractivity contribution < 1.29 is 9.53 Å². The van der Waals surface area contributed by atoms with Crippen LogP contribution in [0.1, 0.15) is 96.3 Å². The second-order valence-electron chi connectivity index (χ2n) is 10.9. The van der Waals surface area contributed by atoms with Gasteiger partial charge in [0.25, 0.3) is 0 Å². The summed E-state index contributed by atoms with van der Waals surface area (Å²) in [5.41, 5.74) is 4.20. The van der Waals surface area contributed by atoms with E-state index in [0.29, 0.717) is 12.5 Å². The predicted octanol–water partition coefficient (Wildman–Crippen LogP) is 7.14. The lowest BCUT2D eigenvalue weighted by Gasteiger charge is -2.30. The number of carbonyl (C=O) groups is 1. The highest BCUT2D eigenvalue weighted by molar-refractivity contribution is 5.82. The molecule has 0 aliphatic heterocycles. The van der Waals surface area contributed by atoms with Crippen molar-refractivity contribution in [1.29, 1.82) is 0 Å². The van der Waals surface area contributed by atoms with Gasteiger partial charge >= 0.3 is 0 Å². The zero-order valence-electron chi connectivity index (χ0n) is 21.5. The fourth-order valence-electron chi connectivity index (χ4n) is 4.31. The summed E-state index contributed by atoms with van der Waals surface area (Å²) in [4.78, 5) is 12.4. The van der Waals surface area contributed by atoms with Gasteiger partial charge in [0.2, 0.25) is 5.91 Å². The lowest BCUT2D eigenvalue weighted by Crippen LogP contribution is -2.26. The maximum Gasteiger partial charge on any atom is 0.223 e. The van der Waals surface area contributed by atoms with Gasteiger partial charge in [-0.1, -0.05) is 84.0 Å². The monoisotopic (exact) mass is 449 g/mol. The highest BCUT2D eigenvalue weighted by atomic mass is 16.5. The first-order valence-electron chi connectivity index (χ1n) is 12.8. The van der Waals surface area contributed by atoms with Gasteiger partial charge in [-0.25, -0.2) is 0 Å². The van der Waals surface area contributed by atoms with E-state index in [2.05, 4.69) is 77.2 Å². The molecule has 3 heteroatoms. The Morgan fingerprint density at radius 1 is 0.970 bits per heavy atom. The first kappa shape index (κ1) is 25.3. The molecule has 1 amide bonds. The topological polar surface area (TPSA) is 38.3 Å². The fourth-order valence-corrected chi connectivity index (χ4v) is 4.31. The van der Waals surface area contributed by atoms with Crippen LogP contribution in [0.15, 0.2) is 48.5 Å². The molecule has 0 saturated heterocycles. The molecule has 1 N–H and O–H groups in total. The second-order valence-corrected chi connectivity index (χ2v) is 10.9. The van der Waals surface area contributed by atoms with Crippen LogP contribution < -0.4 is 10.1 Å². The molecule has 1 aliphatic carbocycles. The van der Waals surface area contributed by atoms with Crippen molar-refractivity contribution in [2.45, 2.75) is 90.4 Å². The number of hydrogen-bond acceptors (Lipinski definition) is 2. The molecule has 1 aliphatic rings. The molecular formula is C30H43NO2. The summed E-state index contributed by atoms with van der Waals surface area (Å²) < 4.78 is 6.26. The Labute approximate surface area is 201 Å². The maximum absolute atomic E-state index is 12.4. The molecule has 0 heterocycles. The van der Waals surface area contributed by atoms with Crippen LogP contribution in [0.3, 0.4) is 0 Å². The molecule has 1 saturated carbocycles. The maximum atomic E-state index is 12.4. The van der Waals surface area contributed by atoms with E-state index in [0.717, 1.165) is 44.4 Å². The number of benzene rings is 2. The van der Waals surface area contributed by atoms with E-state index in [-0.39, 0.29) is 22.7 Å². The molecule has 2 atom stereocenters. The lowest BCUT2D eigenvalue weighted by atomic mass is 9.76. The predicted molar refractivity (Wildman–Crippen MR) is 138 cm³/mol. The van der Waals surface area contributed by atoms with Gasteiger partial charge in [0.05, 0.1) is 6.61 Å². The summed E-state index contributed by atoms with van der Waals surface area (Å²) >= 11 is 0. The van der Waals surface area contributed by atoms with Crippen LogP contribution >= 0.6 is 0 Å². The Hall–Kier alpha value is -2.29. The van der Waals surface area contributed by atoms with Crippen LogP contribution in [-0.4, -0.2) is 19.1 Å². The van der Waals surface area contributed by atoms with E-state index in [1.54, 1.807) is 0 Å². The Balaban J connectivity index is 1.46. The standard InChI is InChI=1S/C30H43NO2/c1-7-29(3,4)23-16-17-27(26(20-23)30(5,6)8-2)33-19-13-12-18-31-28(32)25-21-24(25)22-14-10-9-11-15-22/h9-11,14-17,20,24-25H,7-8,12-13,18-19,21H2,1-6H3,(H,31,32)/t24-,25+/m0/s1. The third-order valence-corrected chi connectivity index (χ3v) is 7.74. The van der Waals surface area contributed by atoms with E-state index < -0.39 is 0 Å². The van der Waals surface area contributed by atoms with Gasteiger partial charge in [0.1, 0.15) is 5.75 Å². The average molecular weight is 450 g/mol. The average Bonchev–Trinajstić information content (AvgIpc) is 3.63. The normalized spacial score (nSPS) is 18.1. The number of unbranched alkanes of at least 4 members (excludes halogenated alkanes) is 1. The van der Waals surface area contributed by atoms with Crippen LogP contribution in [0, 0.1) is 5.92 Å². The number of ether oxygens (including phenoxy) is 1. The third-order valence-electron chi connectivity index (χ3n) is 7.74. The van der Waals surface area contributed by atoms with Gasteiger partial charge < -0.3 is 10.1 Å². The van der Waals surface area contributed by atoms with Gasteiger partial charge in [0.15, 0.2) is 0 Å². The smallest absolute Gasteiger partial charge is 0.223 e. The van der Waals surface area contributed by atoms with E-state index in [1.807, 2.05) is 18.2 Å². The highest BCUT2D eigenvalue weighted by Crippen LogP contribution is 2.47. The minimum absolute atomic E-state index is 0.0721. The van der Waals surface area contributed by atoms with Crippen molar-refractivity contribution in [2.75, 3.05) is 13.2 Å². The molecule has 1 fully saturated rings. The Kier molecular flexibility index (Phi) is 8.26. The van der Waals surface area contributed by atoms with E-state index >= 15 is 0 Å². The highest BCUT2D eigenvalue weighted by Gasteiger charge is 2.43. The Morgan fingerprint density at radius 3 is 2.33 bits per heavy atom. The van der Waals surface area contributed by atoms with Gasteiger partial charge in [-0.15, -0.1) is 0 Å². The Morgan fingerprint density at radius 2 is 1.67 bits per heavy atom.